The van der Waals surface area contributed by atoms with Crippen LogP contribution >= 0.6 is 24.0 Å². The standard InChI is InChI=1S/C19H33N3O2.HI/c1-6-24-18(15(2)3)10-11-21-19(20-4)22-13-16-8-7-9-17(12-16)14-23-5;/h7-9,12,15,18H,6,10-11,13-14H2,1-5H3,(H2,20,21,22);1H. The molecule has 0 saturated carbocycles. The second-order valence-corrected chi connectivity index (χ2v) is 6.13. The van der Waals surface area contributed by atoms with Crippen LogP contribution < -0.4 is 10.6 Å². The van der Waals surface area contributed by atoms with Crippen LogP contribution in [0, 0.1) is 5.92 Å². The van der Waals surface area contributed by atoms with Crippen LogP contribution in [0.25, 0.3) is 0 Å². The van der Waals surface area contributed by atoms with Gasteiger partial charge in [-0.05, 0) is 30.4 Å². The summed E-state index contributed by atoms with van der Waals surface area (Å²) in [7, 11) is 3.50. The highest BCUT2D eigenvalue weighted by molar-refractivity contribution is 14.0. The van der Waals surface area contributed by atoms with Crippen LogP contribution in [0.15, 0.2) is 29.3 Å². The van der Waals surface area contributed by atoms with Crippen molar-refractivity contribution >= 4 is 29.9 Å². The number of hydrogen-bond acceptors (Lipinski definition) is 3. The molecule has 0 amide bonds. The second kappa shape index (κ2) is 14.3. The molecule has 0 spiro atoms. The summed E-state index contributed by atoms with van der Waals surface area (Å²) in [6.07, 6.45) is 1.25. The van der Waals surface area contributed by atoms with Gasteiger partial charge in [0.05, 0.1) is 12.7 Å². The lowest BCUT2D eigenvalue weighted by Crippen LogP contribution is -2.38. The predicted molar refractivity (Wildman–Crippen MR) is 116 cm³/mol. The van der Waals surface area contributed by atoms with Crippen molar-refractivity contribution in [3.8, 4) is 0 Å². The third-order valence-electron chi connectivity index (χ3n) is 3.83. The molecule has 1 aromatic rings. The maximum Gasteiger partial charge on any atom is 0.191 e. The minimum Gasteiger partial charge on any atom is -0.380 e. The number of nitrogens with zero attached hydrogens (tertiary/aromatic N) is 1. The number of halogens is 1. The first-order chi connectivity index (χ1) is 11.6. The Bertz CT molecular complexity index is 495. The minimum atomic E-state index is 0. The predicted octanol–water partition coefficient (Wildman–Crippen LogP) is 3.57. The van der Waals surface area contributed by atoms with Gasteiger partial charge in [0.1, 0.15) is 0 Å². The monoisotopic (exact) mass is 463 g/mol. The lowest BCUT2D eigenvalue weighted by Gasteiger charge is -2.21. The molecule has 1 unspecified atom stereocenters. The first-order valence-electron chi connectivity index (χ1n) is 8.73. The first-order valence-corrected chi connectivity index (χ1v) is 8.73. The molecule has 6 heteroatoms. The van der Waals surface area contributed by atoms with Gasteiger partial charge >= 0.3 is 0 Å². The van der Waals surface area contributed by atoms with Crippen molar-refractivity contribution in [1.82, 2.24) is 10.6 Å². The van der Waals surface area contributed by atoms with Crippen LogP contribution in [-0.2, 0) is 22.6 Å². The van der Waals surface area contributed by atoms with Gasteiger partial charge in [-0.25, -0.2) is 0 Å². The second-order valence-electron chi connectivity index (χ2n) is 6.13. The van der Waals surface area contributed by atoms with Crippen LogP contribution in [0.2, 0.25) is 0 Å². The number of hydrogen-bond donors (Lipinski definition) is 2. The number of guanidine groups is 1. The summed E-state index contributed by atoms with van der Waals surface area (Å²) in [5, 5.41) is 6.70. The number of aliphatic imine (C=N–C) groups is 1. The third-order valence-corrected chi connectivity index (χ3v) is 3.83. The van der Waals surface area contributed by atoms with Gasteiger partial charge < -0.3 is 20.1 Å². The molecule has 0 aromatic heterocycles. The van der Waals surface area contributed by atoms with Crippen molar-refractivity contribution in [2.75, 3.05) is 27.3 Å². The number of ether oxygens (including phenoxy) is 2. The molecule has 1 aromatic carbocycles. The van der Waals surface area contributed by atoms with Crippen molar-refractivity contribution in [1.29, 1.82) is 0 Å². The van der Waals surface area contributed by atoms with Gasteiger partial charge in [-0.15, -0.1) is 24.0 Å². The molecule has 5 nitrogen and oxygen atoms in total. The van der Waals surface area contributed by atoms with Gasteiger partial charge in [0.2, 0.25) is 0 Å². The molecule has 0 aliphatic carbocycles. The van der Waals surface area contributed by atoms with Gasteiger partial charge in [-0.3, -0.25) is 4.99 Å². The Balaban J connectivity index is 0.00000576. The smallest absolute Gasteiger partial charge is 0.191 e. The Hall–Kier alpha value is -0.860. The molecule has 0 radical (unpaired) electrons. The Morgan fingerprint density at radius 2 is 1.92 bits per heavy atom. The van der Waals surface area contributed by atoms with Gasteiger partial charge in [-0.1, -0.05) is 38.1 Å². The molecule has 1 atom stereocenters. The Labute approximate surface area is 170 Å². The van der Waals surface area contributed by atoms with Crippen molar-refractivity contribution < 1.29 is 9.47 Å². The summed E-state index contributed by atoms with van der Waals surface area (Å²) in [5.74, 6) is 1.33. The quantitative estimate of drug-likeness (QED) is 0.317. The lowest BCUT2D eigenvalue weighted by atomic mass is 10.0. The molecular formula is C19H34IN3O2. The van der Waals surface area contributed by atoms with E-state index in [4.69, 9.17) is 9.47 Å². The average molecular weight is 463 g/mol. The van der Waals surface area contributed by atoms with Crippen LogP contribution in [0.3, 0.4) is 0 Å². The summed E-state index contributed by atoms with van der Waals surface area (Å²) in [5.41, 5.74) is 2.39. The van der Waals surface area contributed by atoms with Crippen LogP contribution in [0.1, 0.15) is 38.3 Å². The third kappa shape index (κ3) is 10.0. The lowest BCUT2D eigenvalue weighted by molar-refractivity contribution is 0.0258. The molecule has 2 N–H and O–H groups in total. The molecule has 0 fully saturated rings. The molecule has 1 rings (SSSR count). The average Bonchev–Trinajstić information content (AvgIpc) is 2.57. The molecule has 0 bridgehead atoms. The number of benzene rings is 1. The zero-order valence-corrected chi connectivity index (χ0v) is 18.5. The van der Waals surface area contributed by atoms with E-state index in [9.17, 15) is 0 Å². The fraction of sp³-hybridized carbons (Fsp3) is 0.632. The summed E-state index contributed by atoms with van der Waals surface area (Å²) in [4.78, 5) is 4.28. The van der Waals surface area contributed by atoms with E-state index in [-0.39, 0.29) is 30.1 Å². The maximum absolute atomic E-state index is 5.77. The molecule has 0 heterocycles. The van der Waals surface area contributed by atoms with E-state index in [1.807, 2.05) is 6.92 Å². The Morgan fingerprint density at radius 3 is 2.52 bits per heavy atom. The van der Waals surface area contributed by atoms with Gasteiger partial charge in [0.25, 0.3) is 0 Å². The summed E-state index contributed by atoms with van der Waals surface area (Å²) < 4.78 is 10.9. The summed E-state index contributed by atoms with van der Waals surface area (Å²) >= 11 is 0. The topological polar surface area (TPSA) is 54.9 Å². The van der Waals surface area contributed by atoms with E-state index >= 15 is 0 Å². The van der Waals surface area contributed by atoms with E-state index in [1.54, 1.807) is 14.2 Å². The van der Waals surface area contributed by atoms with E-state index < -0.39 is 0 Å². The zero-order valence-electron chi connectivity index (χ0n) is 16.2. The number of rotatable bonds is 10. The van der Waals surface area contributed by atoms with Crippen molar-refractivity contribution in [2.24, 2.45) is 10.9 Å². The Kier molecular flexibility index (Phi) is 13.8. The minimum absolute atomic E-state index is 0. The van der Waals surface area contributed by atoms with Crippen LogP contribution in [-0.4, -0.2) is 39.4 Å². The maximum atomic E-state index is 5.77. The molecule has 25 heavy (non-hydrogen) atoms. The van der Waals surface area contributed by atoms with E-state index in [2.05, 4.69) is 53.7 Å². The highest BCUT2D eigenvalue weighted by Crippen LogP contribution is 2.10. The molecule has 144 valence electrons. The molecule has 0 saturated heterocycles. The van der Waals surface area contributed by atoms with E-state index in [1.165, 1.54) is 11.1 Å². The largest absolute Gasteiger partial charge is 0.380 e. The molecular weight excluding hydrogens is 429 g/mol. The highest BCUT2D eigenvalue weighted by Gasteiger charge is 2.12. The van der Waals surface area contributed by atoms with E-state index in [0.29, 0.717) is 12.5 Å². The number of methoxy groups -OCH3 is 1. The fourth-order valence-electron chi connectivity index (χ4n) is 2.56. The Morgan fingerprint density at radius 1 is 1.20 bits per heavy atom. The molecule has 0 aliphatic heterocycles. The zero-order chi connectivity index (χ0) is 17.8. The van der Waals surface area contributed by atoms with E-state index in [0.717, 1.165) is 32.1 Å². The first kappa shape index (κ1) is 24.1. The summed E-state index contributed by atoms with van der Waals surface area (Å²) in [6.45, 7) is 9.40. The molecule has 0 aliphatic rings. The van der Waals surface area contributed by atoms with Gasteiger partial charge in [-0.2, -0.15) is 0 Å². The van der Waals surface area contributed by atoms with Crippen LogP contribution in [0.5, 0.6) is 0 Å². The van der Waals surface area contributed by atoms with Crippen LogP contribution in [0.4, 0.5) is 0 Å². The van der Waals surface area contributed by atoms with Crippen molar-refractivity contribution in [2.45, 2.75) is 46.4 Å². The van der Waals surface area contributed by atoms with Crippen molar-refractivity contribution in [3.05, 3.63) is 35.4 Å². The normalized spacial score (nSPS) is 12.6. The van der Waals surface area contributed by atoms with Crippen molar-refractivity contribution in [3.63, 3.8) is 0 Å². The van der Waals surface area contributed by atoms with Gasteiger partial charge in [0, 0.05) is 33.9 Å². The summed E-state index contributed by atoms with van der Waals surface area (Å²) in [6, 6.07) is 8.37. The fourth-order valence-corrected chi connectivity index (χ4v) is 2.56. The SMILES string of the molecule is CCOC(CCNC(=NC)NCc1cccc(COC)c1)C(C)C.I. The van der Waals surface area contributed by atoms with Gasteiger partial charge in [0.15, 0.2) is 5.96 Å². The number of nitrogens with one attached hydrogen (secondary N) is 2. The highest BCUT2D eigenvalue weighted by atomic mass is 127.